The van der Waals surface area contributed by atoms with Crippen LogP contribution in [0.2, 0.25) is 5.02 Å². The summed E-state index contributed by atoms with van der Waals surface area (Å²) in [4.78, 5) is 8.12. The Balaban J connectivity index is 2.59. The van der Waals surface area contributed by atoms with Crippen molar-refractivity contribution in [3.8, 4) is 5.82 Å². The SMILES string of the molecule is [CH2]c1nccn1-c1ncccc1Cl. The van der Waals surface area contributed by atoms with Crippen molar-refractivity contribution in [2.45, 2.75) is 0 Å². The highest BCUT2D eigenvalue weighted by Crippen LogP contribution is 2.17. The molecule has 0 aromatic carbocycles. The van der Waals surface area contributed by atoms with Crippen LogP contribution in [0.1, 0.15) is 5.82 Å². The molecule has 0 bridgehead atoms. The molecule has 3 nitrogen and oxygen atoms in total. The highest BCUT2D eigenvalue weighted by atomic mass is 35.5. The van der Waals surface area contributed by atoms with E-state index in [0.29, 0.717) is 16.7 Å². The summed E-state index contributed by atoms with van der Waals surface area (Å²) in [6.07, 6.45) is 5.12. The van der Waals surface area contributed by atoms with Gasteiger partial charge in [0.2, 0.25) is 0 Å². The van der Waals surface area contributed by atoms with Crippen LogP contribution in [0.3, 0.4) is 0 Å². The molecule has 4 heteroatoms. The van der Waals surface area contributed by atoms with Crippen LogP contribution < -0.4 is 0 Å². The molecule has 0 N–H and O–H groups in total. The Morgan fingerprint density at radius 2 is 2.15 bits per heavy atom. The van der Waals surface area contributed by atoms with Gasteiger partial charge in [0.15, 0.2) is 5.82 Å². The van der Waals surface area contributed by atoms with Gasteiger partial charge in [0.25, 0.3) is 0 Å². The van der Waals surface area contributed by atoms with Crippen molar-refractivity contribution in [3.63, 3.8) is 0 Å². The molecule has 0 aliphatic rings. The van der Waals surface area contributed by atoms with Gasteiger partial charge >= 0.3 is 0 Å². The monoisotopic (exact) mass is 192 g/mol. The third-order valence-corrected chi connectivity index (χ3v) is 1.98. The van der Waals surface area contributed by atoms with Crippen LogP contribution in [0.15, 0.2) is 30.7 Å². The van der Waals surface area contributed by atoms with Crippen LogP contribution in [0, 0.1) is 6.92 Å². The van der Waals surface area contributed by atoms with Gasteiger partial charge in [-0.2, -0.15) is 0 Å². The molecule has 0 saturated heterocycles. The van der Waals surface area contributed by atoms with Crippen LogP contribution >= 0.6 is 11.6 Å². The third-order valence-electron chi connectivity index (χ3n) is 1.68. The number of hydrogen-bond donors (Lipinski definition) is 0. The first kappa shape index (κ1) is 8.26. The predicted molar refractivity (Wildman–Crippen MR) is 50.8 cm³/mol. The summed E-state index contributed by atoms with van der Waals surface area (Å²) in [6, 6.07) is 3.56. The number of halogens is 1. The van der Waals surface area contributed by atoms with E-state index in [9.17, 15) is 0 Å². The summed E-state index contributed by atoms with van der Waals surface area (Å²) in [5, 5.41) is 0.588. The number of imidazole rings is 1. The van der Waals surface area contributed by atoms with Gasteiger partial charge in [-0.25, -0.2) is 9.97 Å². The van der Waals surface area contributed by atoms with E-state index in [0.717, 1.165) is 0 Å². The minimum Gasteiger partial charge on any atom is -0.287 e. The summed E-state index contributed by atoms with van der Waals surface area (Å²) in [5.41, 5.74) is 0. The Morgan fingerprint density at radius 1 is 1.31 bits per heavy atom. The molecule has 0 saturated carbocycles. The zero-order valence-electron chi connectivity index (χ0n) is 6.81. The van der Waals surface area contributed by atoms with Crippen molar-refractivity contribution in [3.05, 3.63) is 48.5 Å². The molecule has 0 atom stereocenters. The van der Waals surface area contributed by atoms with Gasteiger partial charge in [0, 0.05) is 25.5 Å². The summed E-state index contributed by atoms with van der Waals surface area (Å²) in [5.74, 6) is 1.28. The van der Waals surface area contributed by atoms with Gasteiger partial charge in [-0.05, 0) is 12.1 Å². The molecule has 13 heavy (non-hydrogen) atoms. The van der Waals surface area contributed by atoms with Crippen LogP contribution in [-0.2, 0) is 0 Å². The molecule has 2 rings (SSSR count). The summed E-state index contributed by atoms with van der Waals surface area (Å²) in [7, 11) is 0. The molecule has 0 aliphatic carbocycles. The van der Waals surface area contributed by atoms with Crippen molar-refractivity contribution in [2.75, 3.05) is 0 Å². The lowest BCUT2D eigenvalue weighted by atomic mass is 10.4. The summed E-state index contributed by atoms with van der Waals surface area (Å²) < 4.78 is 1.74. The number of pyridine rings is 1. The van der Waals surface area contributed by atoms with Crippen molar-refractivity contribution >= 4 is 11.6 Å². The number of nitrogens with zero attached hydrogens (tertiary/aromatic N) is 3. The Bertz CT molecular complexity index is 422. The maximum atomic E-state index is 5.95. The Morgan fingerprint density at radius 3 is 2.77 bits per heavy atom. The molecule has 0 unspecified atom stereocenters. The Hall–Kier alpha value is -1.35. The number of rotatable bonds is 1. The van der Waals surface area contributed by atoms with Crippen molar-refractivity contribution in [2.24, 2.45) is 0 Å². The fourth-order valence-electron chi connectivity index (χ4n) is 1.08. The average Bonchev–Trinajstić information content (AvgIpc) is 2.52. The van der Waals surface area contributed by atoms with E-state index in [2.05, 4.69) is 16.9 Å². The van der Waals surface area contributed by atoms with Gasteiger partial charge in [0.05, 0.1) is 5.02 Å². The molecular weight excluding hydrogens is 186 g/mol. The average molecular weight is 193 g/mol. The van der Waals surface area contributed by atoms with Crippen LogP contribution in [-0.4, -0.2) is 14.5 Å². The molecule has 2 heterocycles. The summed E-state index contributed by atoms with van der Waals surface area (Å²) >= 11 is 5.95. The molecule has 1 radical (unpaired) electrons. The first-order chi connectivity index (χ1) is 6.29. The lowest BCUT2D eigenvalue weighted by Gasteiger charge is -2.04. The predicted octanol–water partition coefficient (Wildman–Crippen LogP) is 2.10. The largest absolute Gasteiger partial charge is 0.287 e. The lowest BCUT2D eigenvalue weighted by Crippen LogP contribution is -1.98. The molecule has 2 aromatic heterocycles. The first-order valence-electron chi connectivity index (χ1n) is 3.75. The quantitative estimate of drug-likeness (QED) is 0.693. The van der Waals surface area contributed by atoms with Gasteiger partial charge in [0.1, 0.15) is 5.82 Å². The molecule has 0 fully saturated rings. The lowest BCUT2D eigenvalue weighted by molar-refractivity contribution is 0.963. The van der Waals surface area contributed by atoms with Crippen molar-refractivity contribution in [1.29, 1.82) is 0 Å². The molecule has 0 aliphatic heterocycles. The third kappa shape index (κ3) is 1.42. The molecule has 65 valence electrons. The van der Waals surface area contributed by atoms with E-state index in [-0.39, 0.29) is 0 Å². The van der Waals surface area contributed by atoms with E-state index in [1.165, 1.54) is 0 Å². The van der Waals surface area contributed by atoms with Crippen LogP contribution in [0.5, 0.6) is 0 Å². The van der Waals surface area contributed by atoms with Crippen LogP contribution in [0.25, 0.3) is 5.82 Å². The normalized spacial score (nSPS) is 10.3. The minimum atomic E-state index is 0.588. The zero-order valence-corrected chi connectivity index (χ0v) is 7.57. The van der Waals surface area contributed by atoms with Gasteiger partial charge < -0.3 is 0 Å². The van der Waals surface area contributed by atoms with Gasteiger partial charge in [-0.3, -0.25) is 4.57 Å². The van der Waals surface area contributed by atoms with E-state index in [1.54, 1.807) is 35.3 Å². The smallest absolute Gasteiger partial charge is 0.156 e. The molecule has 2 aromatic rings. The maximum Gasteiger partial charge on any atom is 0.156 e. The second-order valence-electron chi connectivity index (χ2n) is 2.52. The highest BCUT2D eigenvalue weighted by Gasteiger charge is 2.04. The first-order valence-corrected chi connectivity index (χ1v) is 4.13. The van der Waals surface area contributed by atoms with E-state index < -0.39 is 0 Å². The minimum absolute atomic E-state index is 0.588. The fourth-order valence-corrected chi connectivity index (χ4v) is 1.29. The highest BCUT2D eigenvalue weighted by molar-refractivity contribution is 6.32. The van der Waals surface area contributed by atoms with Gasteiger partial charge in [-0.1, -0.05) is 11.6 Å². The van der Waals surface area contributed by atoms with Gasteiger partial charge in [-0.15, -0.1) is 0 Å². The van der Waals surface area contributed by atoms with E-state index >= 15 is 0 Å². The fraction of sp³-hybridized carbons (Fsp3) is 0. The molecule has 0 amide bonds. The maximum absolute atomic E-state index is 5.95. The topological polar surface area (TPSA) is 30.7 Å². The number of hydrogen-bond acceptors (Lipinski definition) is 2. The Labute approximate surface area is 81.0 Å². The van der Waals surface area contributed by atoms with Crippen molar-refractivity contribution in [1.82, 2.24) is 14.5 Å². The Kier molecular flexibility index (Phi) is 2.02. The van der Waals surface area contributed by atoms with Crippen molar-refractivity contribution < 1.29 is 0 Å². The zero-order chi connectivity index (χ0) is 9.26. The second-order valence-corrected chi connectivity index (χ2v) is 2.93. The molecular formula is C9H7ClN3. The second kappa shape index (κ2) is 3.18. The van der Waals surface area contributed by atoms with E-state index in [1.807, 2.05) is 0 Å². The summed E-state index contributed by atoms with van der Waals surface area (Å²) in [6.45, 7) is 3.75. The number of aromatic nitrogens is 3. The standard InChI is InChI=1S/C9H7ClN3/c1-7-11-5-6-13(7)9-8(10)3-2-4-12-9/h2-6H,1H2. The van der Waals surface area contributed by atoms with Crippen LogP contribution in [0.4, 0.5) is 0 Å². The van der Waals surface area contributed by atoms with E-state index in [4.69, 9.17) is 11.6 Å². The molecule has 0 spiro atoms.